The highest BCUT2D eigenvalue weighted by atomic mass is 79.9. The van der Waals surface area contributed by atoms with Crippen LogP contribution in [0.3, 0.4) is 0 Å². The van der Waals surface area contributed by atoms with E-state index in [-0.39, 0.29) is 18.0 Å². The normalized spacial score (nSPS) is 11.3. The van der Waals surface area contributed by atoms with Crippen LogP contribution in [0.5, 0.6) is 5.75 Å². The second-order valence-corrected chi connectivity index (χ2v) is 8.11. The zero-order valence-corrected chi connectivity index (χ0v) is 19.3. The van der Waals surface area contributed by atoms with Crippen LogP contribution in [0.1, 0.15) is 16.1 Å². The summed E-state index contributed by atoms with van der Waals surface area (Å²) >= 11 is 3.53. The fourth-order valence-corrected chi connectivity index (χ4v) is 4.01. The van der Waals surface area contributed by atoms with E-state index >= 15 is 0 Å². The van der Waals surface area contributed by atoms with Gasteiger partial charge in [0.2, 0.25) is 0 Å². The van der Waals surface area contributed by atoms with Crippen LogP contribution in [0.2, 0.25) is 0 Å². The first-order chi connectivity index (χ1) is 16.3. The van der Waals surface area contributed by atoms with Crippen molar-refractivity contribution in [1.82, 2.24) is 15.1 Å². The minimum atomic E-state index is -4.46. The Hall–Kier alpha value is -3.59. The number of halogens is 4. The van der Waals surface area contributed by atoms with Gasteiger partial charge in [0, 0.05) is 17.7 Å². The van der Waals surface area contributed by atoms with Gasteiger partial charge in [0.05, 0.1) is 15.9 Å². The van der Waals surface area contributed by atoms with Crippen molar-refractivity contribution in [1.29, 1.82) is 0 Å². The zero-order valence-electron chi connectivity index (χ0n) is 17.7. The predicted octanol–water partition coefficient (Wildman–Crippen LogP) is 6.17. The van der Waals surface area contributed by atoms with Crippen molar-refractivity contribution in [3.05, 3.63) is 101 Å². The molecular formula is C25H19BrF3N3O2. The lowest BCUT2D eigenvalue weighted by atomic mass is 10.1. The standard InChI is InChI=1S/C25H19BrF3N3O2/c26-21-22(24(33)30-15-18-11-7-8-14-20(18)34-16-25(27,28)29)31-32(19-12-5-2-6-13-19)23(21)17-9-3-1-4-10-17/h1-14H,15-16H2,(H,30,33). The van der Waals surface area contributed by atoms with Gasteiger partial charge in [0.25, 0.3) is 5.91 Å². The number of carbonyl (C=O) groups is 1. The largest absolute Gasteiger partial charge is 0.484 e. The molecule has 4 aromatic rings. The van der Waals surface area contributed by atoms with Gasteiger partial charge in [-0.3, -0.25) is 4.79 Å². The number of aromatic nitrogens is 2. The van der Waals surface area contributed by atoms with Crippen LogP contribution in [0.15, 0.2) is 89.4 Å². The molecule has 0 spiro atoms. The lowest BCUT2D eigenvalue weighted by molar-refractivity contribution is -0.153. The van der Waals surface area contributed by atoms with Crippen LogP contribution in [0, 0.1) is 0 Å². The summed E-state index contributed by atoms with van der Waals surface area (Å²) in [5.74, 6) is -0.427. The summed E-state index contributed by atoms with van der Waals surface area (Å²) in [7, 11) is 0. The summed E-state index contributed by atoms with van der Waals surface area (Å²) in [6.45, 7) is -1.44. The third kappa shape index (κ3) is 5.48. The van der Waals surface area contributed by atoms with Gasteiger partial charge in [0.1, 0.15) is 5.75 Å². The molecule has 0 fully saturated rings. The van der Waals surface area contributed by atoms with Crippen molar-refractivity contribution in [3.8, 4) is 22.7 Å². The molecule has 0 saturated carbocycles. The highest BCUT2D eigenvalue weighted by molar-refractivity contribution is 9.10. The van der Waals surface area contributed by atoms with Crippen LogP contribution in [0.25, 0.3) is 16.9 Å². The van der Waals surface area contributed by atoms with Crippen LogP contribution in [-0.4, -0.2) is 28.5 Å². The molecule has 0 aliphatic carbocycles. The first-order valence-corrected chi connectivity index (χ1v) is 11.1. The molecule has 0 aliphatic rings. The molecule has 34 heavy (non-hydrogen) atoms. The Morgan fingerprint density at radius 1 is 0.941 bits per heavy atom. The van der Waals surface area contributed by atoms with Gasteiger partial charge in [-0.05, 0) is 34.1 Å². The van der Waals surface area contributed by atoms with E-state index in [4.69, 9.17) is 4.74 Å². The monoisotopic (exact) mass is 529 g/mol. The topological polar surface area (TPSA) is 56.1 Å². The molecule has 9 heteroatoms. The molecule has 0 saturated heterocycles. The molecule has 0 unspecified atom stereocenters. The second kappa shape index (κ2) is 10.1. The second-order valence-electron chi connectivity index (χ2n) is 7.32. The third-order valence-corrected chi connectivity index (χ3v) is 5.65. The number of benzene rings is 3. The van der Waals surface area contributed by atoms with Gasteiger partial charge in [-0.1, -0.05) is 66.7 Å². The van der Waals surface area contributed by atoms with Crippen LogP contribution in [-0.2, 0) is 6.54 Å². The summed E-state index contributed by atoms with van der Waals surface area (Å²) in [6.07, 6.45) is -4.46. The molecule has 0 atom stereocenters. The fourth-order valence-electron chi connectivity index (χ4n) is 3.35. The maximum Gasteiger partial charge on any atom is 0.422 e. The van der Waals surface area contributed by atoms with E-state index < -0.39 is 18.7 Å². The van der Waals surface area contributed by atoms with Crippen molar-refractivity contribution in [2.24, 2.45) is 0 Å². The number of hydrogen-bond donors (Lipinski definition) is 1. The molecule has 0 bridgehead atoms. The molecule has 0 radical (unpaired) electrons. The molecular weight excluding hydrogens is 511 g/mol. The van der Waals surface area contributed by atoms with Gasteiger partial charge in [0.15, 0.2) is 12.3 Å². The Kier molecular flexibility index (Phi) is 7.02. The van der Waals surface area contributed by atoms with Crippen LogP contribution < -0.4 is 10.1 Å². The molecule has 5 nitrogen and oxygen atoms in total. The number of nitrogens with one attached hydrogen (secondary N) is 1. The Morgan fingerprint density at radius 2 is 1.56 bits per heavy atom. The number of ether oxygens (including phenoxy) is 1. The average Bonchev–Trinajstić information content (AvgIpc) is 3.19. The molecule has 1 aromatic heterocycles. The van der Waals surface area contributed by atoms with Gasteiger partial charge in [-0.2, -0.15) is 18.3 Å². The summed E-state index contributed by atoms with van der Waals surface area (Å²) in [5, 5.41) is 7.27. The van der Waals surface area contributed by atoms with Crippen LogP contribution >= 0.6 is 15.9 Å². The lowest BCUT2D eigenvalue weighted by Gasteiger charge is -2.13. The first kappa shape index (κ1) is 23.6. The highest BCUT2D eigenvalue weighted by Gasteiger charge is 2.29. The van der Waals surface area contributed by atoms with Crippen molar-refractivity contribution in [2.45, 2.75) is 12.7 Å². The SMILES string of the molecule is O=C(NCc1ccccc1OCC(F)(F)F)c1nn(-c2ccccc2)c(-c2ccccc2)c1Br. The molecule has 1 amide bonds. The highest BCUT2D eigenvalue weighted by Crippen LogP contribution is 2.33. The number of rotatable bonds is 7. The Balaban J connectivity index is 1.61. The maximum absolute atomic E-state index is 13.1. The molecule has 1 N–H and O–H groups in total. The van der Waals surface area contributed by atoms with Crippen molar-refractivity contribution in [3.63, 3.8) is 0 Å². The summed E-state index contributed by atoms with van der Waals surface area (Å²) in [6, 6.07) is 25.1. The quantitative estimate of drug-likeness (QED) is 0.311. The lowest BCUT2D eigenvalue weighted by Crippen LogP contribution is -2.25. The predicted molar refractivity (Wildman–Crippen MR) is 126 cm³/mol. The first-order valence-electron chi connectivity index (χ1n) is 10.3. The minimum absolute atomic E-state index is 0.0296. The molecule has 174 valence electrons. The van der Waals surface area contributed by atoms with E-state index in [1.165, 1.54) is 6.07 Å². The Bertz CT molecular complexity index is 1280. The Labute approximate surface area is 202 Å². The number of alkyl halides is 3. The van der Waals surface area contributed by atoms with E-state index in [1.54, 1.807) is 22.9 Å². The van der Waals surface area contributed by atoms with Crippen molar-refractivity contribution < 1.29 is 22.7 Å². The van der Waals surface area contributed by atoms with E-state index in [0.717, 1.165) is 11.3 Å². The van der Waals surface area contributed by atoms with Gasteiger partial charge in [-0.25, -0.2) is 4.68 Å². The minimum Gasteiger partial charge on any atom is -0.484 e. The smallest absolute Gasteiger partial charge is 0.422 e. The van der Waals surface area contributed by atoms with Gasteiger partial charge >= 0.3 is 6.18 Å². The summed E-state index contributed by atoms with van der Waals surface area (Å²) in [5.41, 5.74) is 2.90. The summed E-state index contributed by atoms with van der Waals surface area (Å²) < 4.78 is 44.8. The molecule has 0 aliphatic heterocycles. The van der Waals surface area contributed by atoms with Gasteiger partial charge < -0.3 is 10.1 Å². The number of hydrogen-bond acceptors (Lipinski definition) is 3. The molecule has 3 aromatic carbocycles. The van der Waals surface area contributed by atoms with E-state index in [9.17, 15) is 18.0 Å². The van der Waals surface area contributed by atoms with E-state index in [2.05, 4.69) is 26.3 Å². The Morgan fingerprint density at radius 3 is 2.24 bits per heavy atom. The third-order valence-electron chi connectivity index (χ3n) is 4.89. The zero-order chi connectivity index (χ0) is 24.1. The molecule has 4 rings (SSSR count). The number of amides is 1. The van der Waals surface area contributed by atoms with E-state index in [1.807, 2.05) is 60.7 Å². The average molecular weight is 530 g/mol. The van der Waals surface area contributed by atoms with Crippen LogP contribution in [0.4, 0.5) is 13.2 Å². The van der Waals surface area contributed by atoms with Crippen molar-refractivity contribution in [2.75, 3.05) is 6.61 Å². The number of carbonyl (C=O) groups excluding carboxylic acids is 1. The van der Waals surface area contributed by atoms with E-state index in [0.29, 0.717) is 15.7 Å². The van der Waals surface area contributed by atoms with Crippen molar-refractivity contribution >= 4 is 21.8 Å². The summed E-state index contributed by atoms with van der Waals surface area (Å²) in [4.78, 5) is 13.1. The number of para-hydroxylation sites is 2. The van der Waals surface area contributed by atoms with Gasteiger partial charge in [-0.15, -0.1) is 0 Å². The number of nitrogens with zero attached hydrogens (tertiary/aromatic N) is 2. The maximum atomic E-state index is 13.1. The molecule has 1 heterocycles. The fraction of sp³-hybridized carbons (Fsp3) is 0.120.